The minimum atomic E-state index is -1.18. The fourth-order valence-corrected chi connectivity index (χ4v) is 5.85. The summed E-state index contributed by atoms with van der Waals surface area (Å²) in [4.78, 5) is 46.3. The number of ether oxygens (including phenoxy) is 1. The van der Waals surface area contributed by atoms with Crippen LogP contribution in [-0.2, 0) is 14.4 Å². The van der Waals surface area contributed by atoms with E-state index in [1.165, 1.54) is 23.3 Å². The average Bonchev–Trinajstić information content (AvgIpc) is 3.46. The van der Waals surface area contributed by atoms with E-state index in [2.05, 4.69) is 15.9 Å². The van der Waals surface area contributed by atoms with Gasteiger partial charge in [-0.2, -0.15) is 0 Å². The van der Waals surface area contributed by atoms with Crippen molar-refractivity contribution in [3.8, 4) is 11.5 Å². The van der Waals surface area contributed by atoms with Gasteiger partial charge in [-0.3, -0.25) is 24.5 Å². The number of aromatic hydroxyl groups is 1. The van der Waals surface area contributed by atoms with Crippen LogP contribution in [0.25, 0.3) is 10.8 Å². The molecular formula is C29H22BrN3O7. The number of fused-ring (bicyclic) bond motifs is 2. The molecule has 4 aromatic rings. The molecule has 1 N–H and O–H groups in total. The number of nitro benzene ring substituents is 1. The van der Waals surface area contributed by atoms with Gasteiger partial charge in [0.1, 0.15) is 5.92 Å². The molecule has 40 heavy (non-hydrogen) atoms. The molecular weight excluding hydrogens is 582 g/mol. The lowest BCUT2D eigenvalue weighted by Crippen LogP contribution is -2.37. The van der Waals surface area contributed by atoms with Crippen molar-refractivity contribution in [2.24, 2.45) is 5.92 Å². The van der Waals surface area contributed by atoms with Crippen molar-refractivity contribution in [1.82, 2.24) is 0 Å². The van der Waals surface area contributed by atoms with Crippen LogP contribution in [0.5, 0.6) is 11.5 Å². The van der Waals surface area contributed by atoms with Gasteiger partial charge in [0.2, 0.25) is 5.91 Å². The Bertz CT molecular complexity index is 1690. The van der Waals surface area contributed by atoms with Gasteiger partial charge < -0.3 is 9.84 Å². The number of halogens is 1. The molecule has 3 unspecified atom stereocenters. The number of anilines is 2. The molecule has 0 radical (unpaired) electrons. The summed E-state index contributed by atoms with van der Waals surface area (Å²) in [7, 11) is 0. The fraction of sp³-hybridized carbons (Fsp3) is 0.172. The number of nitro groups is 1. The Balaban J connectivity index is 1.50. The molecule has 2 heterocycles. The predicted molar refractivity (Wildman–Crippen MR) is 150 cm³/mol. The highest BCUT2D eigenvalue weighted by Gasteiger charge is 2.60. The highest BCUT2D eigenvalue weighted by atomic mass is 79.9. The van der Waals surface area contributed by atoms with Crippen LogP contribution in [0.3, 0.4) is 0 Å². The number of phenolic OH excluding ortho intramolecular Hbond substituents is 1. The van der Waals surface area contributed by atoms with Gasteiger partial charge in [-0.1, -0.05) is 42.5 Å². The van der Waals surface area contributed by atoms with Crippen molar-refractivity contribution < 1.29 is 29.2 Å². The van der Waals surface area contributed by atoms with Gasteiger partial charge in [0.15, 0.2) is 17.6 Å². The topological polar surface area (TPSA) is 122 Å². The molecule has 2 saturated heterocycles. The Morgan fingerprint density at radius 2 is 1.77 bits per heavy atom. The number of non-ortho nitro benzene ring substituents is 1. The molecule has 3 atom stereocenters. The summed E-state index contributed by atoms with van der Waals surface area (Å²) in [5, 5.41) is 25.0. The molecule has 6 rings (SSSR count). The molecule has 2 aliphatic heterocycles. The van der Waals surface area contributed by atoms with E-state index in [1.54, 1.807) is 37.3 Å². The molecule has 0 bridgehead atoms. The highest BCUT2D eigenvalue weighted by Crippen LogP contribution is 2.50. The summed E-state index contributed by atoms with van der Waals surface area (Å²) < 4.78 is 5.93. The molecule has 2 aliphatic rings. The lowest BCUT2D eigenvalue weighted by atomic mass is 9.90. The maximum Gasteiger partial charge on any atom is 0.271 e. The Hall–Kier alpha value is -4.48. The minimum Gasteiger partial charge on any atom is -0.503 e. The number of hydrogen-bond donors (Lipinski definition) is 1. The van der Waals surface area contributed by atoms with Crippen LogP contribution in [0.2, 0.25) is 0 Å². The molecule has 10 nitrogen and oxygen atoms in total. The number of rotatable bonds is 6. The van der Waals surface area contributed by atoms with Gasteiger partial charge in [0.05, 0.1) is 33.4 Å². The van der Waals surface area contributed by atoms with Crippen LogP contribution in [0, 0.1) is 16.0 Å². The SMILES string of the molecule is CCOc1cc(C2C3C(=O)N(c4cccc5ccccc45)C(=O)C3ON2c2cccc([N+](=O)[O-])c2)cc(Br)c1O. The second kappa shape index (κ2) is 9.92. The van der Waals surface area contributed by atoms with Gasteiger partial charge in [0, 0.05) is 17.5 Å². The van der Waals surface area contributed by atoms with Gasteiger partial charge in [-0.05, 0) is 58.1 Å². The van der Waals surface area contributed by atoms with E-state index in [1.807, 2.05) is 30.3 Å². The number of hydroxylamine groups is 1. The normalized spacial score (nSPS) is 20.3. The fourth-order valence-electron chi connectivity index (χ4n) is 5.39. The minimum absolute atomic E-state index is 0.117. The molecule has 0 saturated carbocycles. The number of hydrogen-bond acceptors (Lipinski definition) is 8. The molecule has 4 aromatic carbocycles. The Morgan fingerprint density at radius 3 is 2.55 bits per heavy atom. The number of amides is 2. The number of carbonyl (C=O) groups is 2. The van der Waals surface area contributed by atoms with E-state index in [0.29, 0.717) is 21.4 Å². The van der Waals surface area contributed by atoms with Crippen LogP contribution < -0.4 is 14.7 Å². The van der Waals surface area contributed by atoms with E-state index >= 15 is 0 Å². The molecule has 2 amide bonds. The third-order valence-corrected chi connectivity index (χ3v) is 7.71. The Morgan fingerprint density at radius 1 is 1.02 bits per heavy atom. The second-order valence-corrected chi connectivity index (χ2v) is 10.2. The van der Waals surface area contributed by atoms with Gasteiger partial charge in [-0.15, -0.1) is 0 Å². The van der Waals surface area contributed by atoms with Crippen molar-refractivity contribution in [3.63, 3.8) is 0 Å². The lowest BCUT2D eigenvalue weighted by molar-refractivity contribution is -0.384. The molecule has 2 fully saturated rings. The zero-order valence-electron chi connectivity index (χ0n) is 21.1. The van der Waals surface area contributed by atoms with Crippen molar-refractivity contribution >= 4 is 55.6 Å². The first-order chi connectivity index (χ1) is 19.3. The van der Waals surface area contributed by atoms with E-state index in [0.717, 1.165) is 15.7 Å². The Kier molecular flexibility index (Phi) is 6.40. The zero-order valence-corrected chi connectivity index (χ0v) is 22.6. The maximum absolute atomic E-state index is 14.1. The zero-order chi connectivity index (χ0) is 28.1. The molecule has 0 aliphatic carbocycles. The van der Waals surface area contributed by atoms with Gasteiger partial charge >= 0.3 is 0 Å². The van der Waals surface area contributed by atoms with Crippen LogP contribution in [0.15, 0.2) is 83.3 Å². The summed E-state index contributed by atoms with van der Waals surface area (Å²) in [6.45, 7) is 2.04. The van der Waals surface area contributed by atoms with Crippen LogP contribution in [-0.4, -0.2) is 34.6 Å². The summed E-state index contributed by atoms with van der Waals surface area (Å²) in [5.41, 5.74) is 1.09. The third kappa shape index (κ3) is 4.05. The van der Waals surface area contributed by atoms with E-state index in [-0.39, 0.29) is 23.8 Å². The smallest absolute Gasteiger partial charge is 0.271 e. The summed E-state index contributed by atoms with van der Waals surface area (Å²) >= 11 is 3.36. The van der Waals surface area contributed by atoms with Crippen molar-refractivity contribution in [2.45, 2.75) is 19.1 Å². The summed E-state index contributed by atoms with van der Waals surface area (Å²) in [6, 6.07) is 21.0. The van der Waals surface area contributed by atoms with E-state index < -0.39 is 34.8 Å². The van der Waals surface area contributed by atoms with E-state index in [9.17, 15) is 24.8 Å². The van der Waals surface area contributed by atoms with Crippen molar-refractivity contribution in [2.75, 3.05) is 16.6 Å². The first kappa shape index (κ1) is 25.8. The van der Waals surface area contributed by atoms with Crippen LogP contribution >= 0.6 is 15.9 Å². The summed E-state index contributed by atoms with van der Waals surface area (Å²) in [5.74, 6) is -1.93. The van der Waals surface area contributed by atoms with Crippen molar-refractivity contribution in [3.05, 3.63) is 99.0 Å². The average molecular weight is 604 g/mol. The number of imide groups is 1. The quantitative estimate of drug-likeness (QED) is 0.170. The van der Waals surface area contributed by atoms with Crippen LogP contribution in [0.1, 0.15) is 18.5 Å². The Labute approximate surface area is 236 Å². The first-order valence-corrected chi connectivity index (χ1v) is 13.3. The monoisotopic (exact) mass is 603 g/mol. The van der Waals surface area contributed by atoms with Crippen molar-refractivity contribution in [1.29, 1.82) is 0 Å². The third-order valence-electron chi connectivity index (χ3n) is 7.11. The summed E-state index contributed by atoms with van der Waals surface area (Å²) in [6.07, 6.45) is -1.18. The number of nitrogens with zero attached hydrogens (tertiary/aromatic N) is 3. The number of phenols is 1. The molecule has 0 spiro atoms. The molecule has 0 aromatic heterocycles. The van der Waals surface area contributed by atoms with Gasteiger partial charge in [-0.25, -0.2) is 9.96 Å². The predicted octanol–water partition coefficient (Wildman–Crippen LogP) is 5.67. The van der Waals surface area contributed by atoms with Crippen LogP contribution in [0.4, 0.5) is 17.1 Å². The van der Waals surface area contributed by atoms with E-state index in [4.69, 9.17) is 9.57 Å². The molecule has 202 valence electrons. The van der Waals surface area contributed by atoms with Gasteiger partial charge in [0.25, 0.3) is 11.6 Å². The number of benzene rings is 4. The highest BCUT2D eigenvalue weighted by molar-refractivity contribution is 9.10. The molecule has 11 heteroatoms. The number of carbonyl (C=O) groups excluding carboxylic acids is 2. The largest absolute Gasteiger partial charge is 0.503 e. The standard InChI is InChI=1S/C29H22BrN3O7/c1-2-39-23-14-17(13-21(30)26(23)34)25-24-27(40-32(25)18-9-6-10-19(15-18)33(37)38)29(36)31(28(24)35)22-12-5-8-16-7-3-4-11-20(16)22/h3-15,24-25,27,34H,2H2,1H3. The first-order valence-electron chi connectivity index (χ1n) is 12.5. The second-order valence-electron chi connectivity index (χ2n) is 9.39. The maximum atomic E-state index is 14.1. The lowest BCUT2D eigenvalue weighted by Gasteiger charge is -2.29.